The van der Waals surface area contributed by atoms with Gasteiger partial charge in [0.25, 0.3) is 5.91 Å². The van der Waals surface area contributed by atoms with Crippen molar-refractivity contribution in [3.05, 3.63) is 66.0 Å². The number of nitrogens with zero attached hydrogens (tertiary/aromatic N) is 3. The number of hydrogen-bond acceptors (Lipinski definition) is 5. The van der Waals surface area contributed by atoms with E-state index >= 15 is 0 Å². The Labute approximate surface area is 203 Å². The first-order valence-corrected chi connectivity index (χ1v) is 11.6. The third-order valence-electron chi connectivity index (χ3n) is 6.37. The van der Waals surface area contributed by atoms with Gasteiger partial charge in [0.05, 0.1) is 19.0 Å². The van der Waals surface area contributed by atoms with Crippen molar-refractivity contribution in [1.29, 1.82) is 0 Å². The Morgan fingerprint density at radius 3 is 2.29 bits per heavy atom. The predicted octanol–water partition coefficient (Wildman–Crippen LogP) is 4.39. The third kappa shape index (κ3) is 4.41. The number of nitrogens with one attached hydrogen (secondary N) is 1. The summed E-state index contributed by atoms with van der Waals surface area (Å²) in [5.74, 6) is 4.93. The number of likely N-dealkylation sites (tertiary alicyclic amines) is 1. The second kappa shape index (κ2) is 9.47. The first-order chi connectivity index (χ1) is 17.1. The van der Waals surface area contributed by atoms with Crippen LogP contribution in [0.2, 0.25) is 0 Å². The number of imidazole rings is 1. The fourth-order valence-electron chi connectivity index (χ4n) is 4.60. The van der Waals surface area contributed by atoms with Gasteiger partial charge in [-0.3, -0.25) is 4.79 Å². The Bertz CT molecular complexity index is 1400. The lowest BCUT2D eigenvalue weighted by molar-refractivity contribution is 0.0994. The van der Waals surface area contributed by atoms with Crippen LogP contribution in [-0.2, 0) is 0 Å². The standard InChI is InChI=1S/C27H27N5O3/c1-3-14-31-15-12-18(13-16-31)23-17-29-32-25(26(28)33)24(30-27(23)32)19-4-6-21(7-5-19)35-22-10-8-20(34-2)9-11-22/h4-11,17-18,30H,12-13,15-16H2,1-2H3,(H2,28,33). The number of aromatic nitrogens is 3. The van der Waals surface area contributed by atoms with Crippen molar-refractivity contribution >= 4 is 11.6 Å². The Balaban J connectivity index is 1.42. The molecular formula is C27H27N5O3. The summed E-state index contributed by atoms with van der Waals surface area (Å²) < 4.78 is 12.7. The van der Waals surface area contributed by atoms with Crippen LogP contribution in [0.1, 0.15) is 41.7 Å². The molecule has 8 heteroatoms. The lowest BCUT2D eigenvalue weighted by atomic mass is 9.91. The predicted molar refractivity (Wildman–Crippen MR) is 134 cm³/mol. The summed E-state index contributed by atoms with van der Waals surface area (Å²) in [5, 5.41) is 4.51. The molecule has 178 valence electrons. The maximum atomic E-state index is 12.4. The van der Waals surface area contributed by atoms with E-state index in [2.05, 4.69) is 26.9 Å². The number of nitrogens with two attached hydrogens (primary N) is 1. The van der Waals surface area contributed by atoms with Gasteiger partial charge in [-0.2, -0.15) is 5.10 Å². The van der Waals surface area contributed by atoms with E-state index in [9.17, 15) is 4.79 Å². The molecule has 3 heterocycles. The summed E-state index contributed by atoms with van der Waals surface area (Å²) in [6.07, 6.45) is 3.81. The van der Waals surface area contributed by atoms with Gasteiger partial charge in [0, 0.05) is 30.3 Å². The minimum atomic E-state index is -0.535. The molecule has 0 unspecified atom stereocenters. The van der Waals surface area contributed by atoms with Crippen LogP contribution in [0, 0.1) is 12.0 Å². The molecule has 0 saturated carbocycles. The summed E-state index contributed by atoms with van der Waals surface area (Å²) >= 11 is 0. The van der Waals surface area contributed by atoms with Crippen LogP contribution in [0.15, 0.2) is 54.7 Å². The topological polar surface area (TPSA) is 97.9 Å². The molecule has 1 aliphatic heterocycles. The number of benzene rings is 2. The van der Waals surface area contributed by atoms with Gasteiger partial charge in [-0.1, -0.05) is 5.92 Å². The van der Waals surface area contributed by atoms with Crippen molar-refractivity contribution in [3.8, 4) is 40.5 Å². The molecule has 1 amide bonds. The van der Waals surface area contributed by atoms with Crippen LogP contribution >= 0.6 is 0 Å². The molecule has 2 aromatic heterocycles. The summed E-state index contributed by atoms with van der Waals surface area (Å²) in [6, 6.07) is 18.0. The molecule has 0 atom stereocenters. The van der Waals surface area contributed by atoms with Crippen LogP contribution in [0.25, 0.3) is 16.9 Å². The molecule has 0 aliphatic carbocycles. The maximum Gasteiger partial charge on any atom is 0.269 e. The number of carbonyl (C=O) groups is 1. The smallest absolute Gasteiger partial charge is 0.269 e. The number of methoxy groups -OCH3 is 1. The van der Waals surface area contributed by atoms with Gasteiger partial charge in [-0.05, 0) is 74.2 Å². The number of H-pyrrole nitrogens is 1. The van der Waals surface area contributed by atoms with E-state index in [1.165, 1.54) is 0 Å². The Kier molecular flexibility index (Phi) is 6.06. The molecular weight excluding hydrogens is 442 g/mol. The van der Waals surface area contributed by atoms with E-state index in [-0.39, 0.29) is 0 Å². The highest BCUT2D eigenvalue weighted by Gasteiger charge is 2.26. The second-order valence-corrected chi connectivity index (χ2v) is 8.50. The van der Waals surface area contributed by atoms with Gasteiger partial charge in [0.2, 0.25) is 0 Å². The van der Waals surface area contributed by atoms with Crippen molar-refractivity contribution in [1.82, 2.24) is 19.5 Å². The fourth-order valence-corrected chi connectivity index (χ4v) is 4.60. The van der Waals surface area contributed by atoms with Crippen molar-refractivity contribution in [3.63, 3.8) is 0 Å². The van der Waals surface area contributed by atoms with Gasteiger partial charge in [-0.15, -0.1) is 0 Å². The lowest BCUT2D eigenvalue weighted by Crippen LogP contribution is -2.29. The van der Waals surface area contributed by atoms with Crippen LogP contribution in [0.4, 0.5) is 0 Å². The van der Waals surface area contributed by atoms with Crippen molar-refractivity contribution in [2.75, 3.05) is 20.2 Å². The van der Waals surface area contributed by atoms with E-state index in [4.69, 9.17) is 15.2 Å². The molecule has 35 heavy (non-hydrogen) atoms. The number of piperidine rings is 1. The molecule has 2 aromatic carbocycles. The fraction of sp³-hybridized carbons (Fsp3) is 0.259. The van der Waals surface area contributed by atoms with E-state index in [1.807, 2.05) is 61.7 Å². The number of amides is 1. The SMILES string of the molecule is CC#CN1CCC(c2cnn3c(C(N)=O)c(-c4ccc(Oc5ccc(OC)cc5)cc4)[nH]c23)CC1. The molecule has 3 N–H and O–H groups in total. The second-order valence-electron chi connectivity index (χ2n) is 8.50. The van der Waals surface area contributed by atoms with E-state index in [0.29, 0.717) is 28.8 Å². The van der Waals surface area contributed by atoms with Crippen LogP contribution in [0.5, 0.6) is 17.2 Å². The molecule has 1 saturated heterocycles. The summed E-state index contributed by atoms with van der Waals surface area (Å²) in [4.78, 5) is 18.0. The van der Waals surface area contributed by atoms with Gasteiger partial charge < -0.3 is 25.1 Å². The first kappa shape index (κ1) is 22.4. The largest absolute Gasteiger partial charge is 0.497 e. The zero-order valence-corrected chi connectivity index (χ0v) is 19.7. The lowest BCUT2D eigenvalue weighted by Gasteiger charge is -2.28. The number of aromatic amines is 1. The van der Waals surface area contributed by atoms with E-state index < -0.39 is 5.91 Å². The van der Waals surface area contributed by atoms with Gasteiger partial charge in [0.15, 0.2) is 5.69 Å². The normalized spacial score (nSPS) is 13.9. The third-order valence-corrected chi connectivity index (χ3v) is 6.37. The molecule has 0 spiro atoms. The molecule has 0 radical (unpaired) electrons. The Morgan fingerprint density at radius 1 is 1.06 bits per heavy atom. The van der Waals surface area contributed by atoms with Crippen molar-refractivity contribution in [2.45, 2.75) is 25.7 Å². The molecule has 8 nitrogen and oxygen atoms in total. The van der Waals surface area contributed by atoms with E-state index in [1.54, 1.807) is 11.6 Å². The molecule has 5 rings (SSSR count). The average molecular weight is 470 g/mol. The maximum absolute atomic E-state index is 12.4. The highest BCUT2D eigenvalue weighted by atomic mass is 16.5. The van der Waals surface area contributed by atoms with Gasteiger partial charge >= 0.3 is 0 Å². The number of fused-ring (bicyclic) bond motifs is 1. The minimum Gasteiger partial charge on any atom is -0.497 e. The Morgan fingerprint density at radius 2 is 1.69 bits per heavy atom. The van der Waals surface area contributed by atoms with Crippen LogP contribution in [0.3, 0.4) is 0 Å². The minimum absolute atomic E-state index is 0.337. The number of primary amides is 1. The average Bonchev–Trinajstić information content (AvgIpc) is 3.45. The summed E-state index contributed by atoms with van der Waals surface area (Å²) in [5.41, 5.74) is 9.50. The number of rotatable bonds is 6. The molecule has 1 fully saturated rings. The van der Waals surface area contributed by atoms with Gasteiger partial charge in [-0.25, -0.2) is 4.52 Å². The molecule has 0 bridgehead atoms. The monoisotopic (exact) mass is 469 g/mol. The summed E-state index contributed by atoms with van der Waals surface area (Å²) in [7, 11) is 1.63. The van der Waals surface area contributed by atoms with Crippen molar-refractivity contribution in [2.24, 2.45) is 5.73 Å². The number of ether oxygens (including phenoxy) is 2. The zero-order chi connectivity index (χ0) is 24.4. The van der Waals surface area contributed by atoms with Gasteiger partial charge in [0.1, 0.15) is 22.9 Å². The van der Waals surface area contributed by atoms with E-state index in [0.717, 1.165) is 48.5 Å². The Hall–Kier alpha value is -4.38. The van der Waals surface area contributed by atoms with Crippen LogP contribution in [-0.4, -0.2) is 45.6 Å². The van der Waals surface area contributed by atoms with Crippen molar-refractivity contribution < 1.29 is 14.3 Å². The summed E-state index contributed by atoms with van der Waals surface area (Å²) in [6.45, 7) is 3.68. The molecule has 4 aromatic rings. The number of hydrogen-bond donors (Lipinski definition) is 2. The zero-order valence-electron chi connectivity index (χ0n) is 19.7. The number of carbonyl (C=O) groups excluding carboxylic acids is 1. The quantitative estimate of drug-likeness (QED) is 0.408. The first-order valence-electron chi connectivity index (χ1n) is 11.6. The van der Waals surface area contributed by atoms with Crippen LogP contribution < -0.4 is 15.2 Å². The molecule has 1 aliphatic rings. The highest BCUT2D eigenvalue weighted by molar-refractivity contribution is 5.98. The highest BCUT2D eigenvalue weighted by Crippen LogP contribution is 2.34.